The highest BCUT2D eigenvalue weighted by Crippen LogP contribution is 2.34. The summed E-state index contributed by atoms with van der Waals surface area (Å²) in [4.78, 5) is 1.32. The zero-order valence-corrected chi connectivity index (χ0v) is 12.9. The van der Waals surface area contributed by atoms with Gasteiger partial charge in [-0.25, -0.2) is 0 Å². The van der Waals surface area contributed by atoms with Crippen molar-refractivity contribution in [3.63, 3.8) is 0 Å². The molecule has 1 aliphatic heterocycles. The second-order valence-corrected chi connectivity index (χ2v) is 6.97. The van der Waals surface area contributed by atoms with Gasteiger partial charge >= 0.3 is 0 Å². The van der Waals surface area contributed by atoms with Crippen molar-refractivity contribution in [1.82, 2.24) is 5.32 Å². The smallest absolute Gasteiger partial charge is 0.231 e. The first-order valence-electron chi connectivity index (χ1n) is 6.09. The van der Waals surface area contributed by atoms with Crippen LogP contribution >= 0.6 is 27.3 Å². The molecule has 2 heterocycles. The maximum Gasteiger partial charge on any atom is 0.231 e. The molecule has 0 amide bonds. The summed E-state index contributed by atoms with van der Waals surface area (Å²) < 4.78 is 11.9. The third-order valence-corrected chi connectivity index (χ3v) is 4.73. The lowest BCUT2D eigenvalue weighted by atomic mass is 10.1. The van der Waals surface area contributed by atoms with Gasteiger partial charge in [0, 0.05) is 17.5 Å². The molecular formula is C14H14BrNO2S. The van der Waals surface area contributed by atoms with Gasteiger partial charge in [0.2, 0.25) is 6.79 Å². The topological polar surface area (TPSA) is 30.5 Å². The van der Waals surface area contributed by atoms with Crippen molar-refractivity contribution in [3.8, 4) is 11.5 Å². The van der Waals surface area contributed by atoms with Gasteiger partial charge in [0.05, 0.1) is 3.79 Å². The summed E-state index contributed by atoms with van der Waals surface area (Å²) in [7, 11) is 0. The Morgan fingerprint density at radius 1 is 1.26 bits per heavy atom. The SMILES string of the molecule is CC(NCc1ccc(Br)s1)c1ccc2c(c1)OCO2. The molecule has 0 saturated carbocycles. The first kappa shape index (κ1) is 13.0. The lowest BCUT2D eigenvalue weighted by Crippen LogP contribution is -2.17. The van der Waals surface area contributed by atoms with Crippen LogP contribution < -0.4 is 14.8 Å². The summed E-state index contributed by atoms with van der Waals surface area (Å²) in [5, 5.41) is 3.51. The van der Waals surface area contributed by atoms with Crippen molar-refractivity contribution in [2.45, 2.75) is 19.5 Å². The zero-order valence-electron chi connectivity index (χ0n) is 10.5. The molecule has 19 heavy (non-hydrogen) atoms. The molecule has 3 nitrogen and oxygen atoms in total. The van der Waals surface area contributed by atoms with E-state index >= 15 is 0 Å². The minimum absolute atomic E-state index is 0.273. The molecule has 2 aromatic rings. The Morgan fingerprint density at radius 3 is 2.89 bits per heavy atom. The quantitative estimate of drug-likeness (QED) is 0.909. The summed E-state index contributed by atoms with van der Waals surface area (Å²) >= 11 is 5.23. The number of hydrogen-bond acceptors (Lipinski definition) is 4. The van der Waals surface area contributed by atoms with Crippen LogP contribution in [0.15, 0.2) is 34.1 Å². The molecule has 3 rings (SSSR count). The Hall–Kier alpha value is -1.04. The summed E-state index contributed by atoms with van der Waals surface area (Å²) in [6, 6.07) is 10.6. The first-order chi connectivity index (χ1) is 9.22. The molecule has 0 spiro atoms. The van der Waals surface area contributed by atoms with Gasteiger partial charge in [-0.15, -0.1) is 11.3 Å². The molecule has 1 aromatic heterocycles. The van der Waals surface area contributed by atoms with Gasteiger partial charge in [-0.1, -0.05) is 6.07 Å². The number of ether oxygens (including phenoxy) is 2. The van der Waals surface area contributed by atoms with Crippen LogP contribution in [0.25, 0.3) is 0 Å². The predicted octanol–water partition coefficient (Wildman–Crippen LogP) is 4.09. The van der Waals surface area contributed by atoms with Crippen LogP contribution in [-0.4, -0.2) is 6.79 Å². The Labute approximate surface area is 124 Å². The molecule has 0 radical (unpaired) electrons. The minimum Gasteiger partial charge on any atom is -0.454 e. The van der Waals surface area contributed by atoms with Gasteiger partial charge in [-0.3, -0.25) is 0 Å². The lowest BCUT2D eigenvalue weighted by molar-refractivity contribution is 0.174. The van der Waals surface area contributed by atoms with Crippen LogP contribution in [0, 0.1) is 0 Å². The van der Waals surface area contributed by atoms with E-state index in [4.69, 9.17) is 9.47 Å². The monoisotopic (exact) mass is 339 g/mol. The average Bonchev–Trinajstić information content (AvgIpc) is 3.03. The molecule has 1 aliphatic rings. The average molecular weight is 340 g/mol. The first-order valence-corrected chi connectivity index (χ1v) is 7.70. The lowest BCUT2D eigenvalue weighted by Gasteiger charge is -2.14. The van der Waals surface area contributed by atoms with E-state index < -0.39 is 0 Å². The molecule has 5 heteroatoms. The number of nitrogens with one attached hydrogen (secondary N) is 1. The molecule has 100 valence electrons. The summed E-state index contributed by atoms with van der Waals surface area (Å²) in [6.45, 7) is 3.34. The van der Waals surface area contributed by atoms with Gasteiger partial charge in [0.15, 0.2) is 11.5 Å². The van der Waals surface area contributed by atoms with Crippen molar-refractivity contribution < 1.29 is 9.47 Å². The van der Waals surface area contributed by atoms with Gasteiger partial charge in [0.1, 0.15) is 0 Å². The van der Waals surface area contributed by atoms with Gasteiger partial charge in [-0.05, 0) is 52.7 Å². The number of benzene rings is 1. The molecular weight excluding hydrogens is 326 g/mol. The maximum atomic E-state index is 5.40. The summed E-state index contributed by atoms with van der Waals surface area (Å²) in [5.74, 6) is 1.67. The number of hydrogen-bond donors (Lipinski definition) is 1. The van der Waals surface area contributed by atoms with Crippen LogP contribution in [0.1, 0.15) is 23.4 Å². The van der Waals surface area contributed by atoms with E-state index in [9.17, 15) is 0 Å². The fourth-order valence-electron chi connectivity index (χ4n) is 2.00. The fourth-order valence-corrected chi connectivity index (χ4v) is 3.43. The van der Waals surface area contributed by atoms with Crippen LogP contribution in [0.3, 0.4) is 0 Å². The highest BCUT2D eigenvalue weighted by Gasteiger charge is 2.15. The predicted molar refractivity (Wildman–Crippen MR) is 79.8 cm³/mol. The van der Waals surface area contributed by atoms with Crippen LogP contribution in [0.2, 0.25) is 0 Å². The van der Waals surface area contributed by atoms with Gasteiger partial charge < -0.3 is 14.8 Å². The van der Waals surface area contributed by atoms with Crippen molar-refractivity contribution in [2.24, 2.45) is 0 Å². The molecule has 1 atom stereocenters. The van der Waals surface area contributed by atoms with Crippen LogP contribution in [0.4, 0.5) is 0 Å². The van der Waals surface area contributed by atoms with Crippen LogP contribution in [-0.2, 0) is 6.54 Å². The molecule has 1 N–H and O–H groups in total. The van der Waals surface area contributed by atoms with E-state index in [1.165, 1.54) is 14.2 Å². The van der Waals surface area contributed by atoms with Gasteiger partial charge in [0.25, 0.3) is 0 Å². The zero-order chi connectivity index (χ0) is 13.2. The summed E-state index contributed by atoms with van der Waals surface area (Å²) in [6.07, 6.45) is 0. The Balaban J connectivity index is 1.65. The summed E-state index contributed by atoms with van der Waals surface area (Å²) in [5.41, 5.74) is 1.21. The van der Waals surface area contributed by atoms with E-state index in [0.29, 0.717) is 6.79 Å². The van der Waals surface area contributed by atoms with E-state index in [2.05, 4.69) is 46.4 Å². The van der Waals surface area contributed by atoms with E-state index in [-0.39, 0.29) is 6.04 Å². The molecule has 0 bridgehead atoms. The molecule has 1 unspecified atom stereocenters. The Kier molecular flexibility index (Phi) is 3.77. The highest BCUT2D eigenvalue weighted by molar-refractivity contribution is 9.11. The standard InChI is InChI=1S/C14H14BrNO2S/c1-9(16-7-11-3-5-14(15)19-11)10-2-4-12-13(6-10)18-8-17-12/h2-6,9,16H,7-8H2,1H3. The van der Waals surface area contributed by atoms with E-state index in [0.717, 1.165) is 18.0 Å². The van der Waals surface area contributed by atoms with E-state index in [1.54, 1.807) is 11.3 Å². The second-order valence-electron chi connectivity index (χ2n) is 4.42. The third-order valence-electron chi connectivity index (χ3n) is 3.11. The van der Waals surface area contributed by atoms with Crippen LogP contribution in [0.5, 0.6) is 11.5 Å². The number of fused-ring (bicyclic) bond motifs is 1. The number of halogens is 1. The largest absolute Gasteiger partial charge is 0.454 e. The Bertz CT molecular complexity index is 585. The van der Waals surface area contributed by atoms with Crippen molar-refractivity contribution in [3.05, 3.63) is 44.6 Å². The normalized spacial score (nSPS) is 14.6. The molecule has 0 saturated heterocycles. The number of rotatable bonds is 4. The minimum atomic E-state index is 0.273. The highest BCUT2D eigenvalue weighted by atomic mass is 79.9. The molecule has 0 aliphatic carbocycles. The molecule has 1 aromatic carbocycles. The van der Waals surface area contributed by atoms with Crippen molar-refractivity contribution in [1.29, 1.82) is 0 Å². The number of thiophene rings is 1. The van der Waals surface area contributed by atoms with Gasteiger partial charge in [-0.2, -0.15) is 0 Å². The maximum absolute atomic E-state index is 5.40. The fraction of sp³-hybridized carbons (Fsp3) is 0.286. The molecule has 0 fully saturated rings. The van der Waals surface area contributed by atoms with E-state index in [1.807, 2.05) is 12.1 Å². The van der Waals surface area contributed by atoms with Crippen molar-refractivity contribution >= 4 is 27.3 Å². The second kappa shape index (κ2) is 5.53. The van der Waals surface area contributed by atoms with Crippen molar-refractivity contribution in [2.75, 3.05) is 6.79 Å². The third kappa shape index (κ3) is 2.94. The Morgan fingerprint density at radius 2 is 2.11 bits per heavy atom.